The third-order valence-corrected chi connectivity index (χ3v) is 4.06. The van der Waals surface area contributed by atoms with Crippen LogP contribution in [-0.2, 0) is 4.79 Å². The lowest BCUT2D eigenvalue weighted by molar-refractivity contribution is -0.141. The lowest BCUT2D eigenvalue weighted by Gasteiger charge is -2.17. The Morgan fingerprint density at radius 2 is 2.50 bits per heavy atom. The summed E-state index contributed by atoms with van der Waals surface area (Å²) in [6.07, 6.45) is 0. The van der Waals surface area contributed by atoms with E-state index >= 15 is 0 Å². The van der Waals surface area contributed by atoms with Gasteiger partial charge < -0.3 is 10.8 Å². The van der Waals surface area contributed by atoms with Crippen molar-refractivity contribution in [3.8, 4) is 0 Å². The third kappa shape index (κ3) is 2.97. The summed E-state index contributed by atoms with van der Waals surface area (Å²) in [5.74, 6) is -0.659. The number of thiazole rings is 1. The molecule has 1 heterocycles. The highest BCUT2D eigenvalue weighted by molar-refractivity contribution is 8.01. The van der Waals surface area contributed by atoms with Crippen molar-refractivity contribution in [1.82, 2.24) is 4.98 Å². The second kappa shape index (κ2) is 4.29. The lowest BCUT2D eigenvalue weighted by atomic mass is 10.1. The van der Waals surface area contributed by atoms with E-state index < -0.39 is 11.5 Å². The van der Waals surface area contributed by atoms with Gasteiger partial charge in [-0.1, -0.05) is 11.8 Å². The number of carboxylic acids is 1. The minimum absolute atomic E-state index is 0.329. The fraction of sp³-hybridized carbons (Fsp3) is 0.500. The predicted octanol–water partition coefficient (Wildman–Crippen LogP) is 1.35. The summed E-state index contributed by atoms with van der Waals surface area (Å²) in [7, 11) is 0. The van der Waals surface area contributed by atoms with Crippen LogP contribution in [0, 0.1) is 6.92 Å². The SMILES string of the molecule is Cc1csc(SCC(C)(N)C(=O)O)n1. The van der Waals surface area contributed by atoms with Crippen molar-refractivity contribution in [2.75, 3.05) is 5.75 Å². The molecule has 1 aromatic rings. The van der Waals surface area contributed by atoms with Crippen LogP contribution in [0.1, 0.15) is 12.6 Å². The highest BCUT2D eigenvalue weighted by Gasteiger charge is 2.28. The number of aromatic nitrogens is 1. The van der Waals surface area contributed by atoms with Crippen LogP contribution in [0.25, 0.3) is 0 Å². The van der Waals surface area contributed by atoms with E-state index in [2.05, 4.69) is 4.98 Å². The number of nitrogens with two attached hydrogens (primary N) is 1. The fourth-order valence-corrected chi connectivity index (χ4v) is 2.54. The smallest absolute Gasteiger partial charge is 0.324 e. The summed E-state index contributed by atoms with van der Waals surface area (Å²) in [5.41, 5.74) is 5.33. The van der Waals surface area contributed by atoms with E-state index in [-0.39, 0.29) is 0 Å². The first-order valence-electron chi connectivity index (χ1n) is 3.99. The van der Waals surface area contributed by atoms with E-state index in [0.717, 1.165) is 10.0 Å². The molecule has 78 valence electrons. The Morgan fingerprint density at radius 3 is 2.93 bits per heavy atom. The van der Waals surface area contributed by atoms with Crippen molar-refractivity contribution in [3.05, 3.63) is 11.1 Å². The summed E-state index contributed by atoms with van der Waals surface area (Å²) in [5, 5.41) is 10.7. The quantitative estimate of drug-likeness (QED) is 0.766. The number of aryl methyl sites for hydroxylation is 1. The molecule has 3 N–H and O–H groups in total. The van der Waals surface area contributed by atoms with Gasteiger partial charge in [0.15, 0.2) is 0 Å². The Hall–Kier alpha value is -0.590. The lowest BCUT2D eigenvalue weighted by Crippen LogP contribution is -2.47. The van der Waals surface area contributed by atoms with E-state index in [9.17, 15) is 4.79 Å². The second-order valence-corrected chi connectivity index (χ2v) is 5.35. The molecule has 0 aromatic carbocycles. The van der Waals surface area contributed by atoms with Gasteiger partial charge in [-0.05, 0) is 13.8 Å². The van der Waals surface area contributed by atoms with Crippen molar-refractivity contribution in [2.45, 2.75) is 23.7 Å². The molecule has 0 bridgehead atoms. The Morgan fingerprint density at radius 1 is 1.86 bits per heavy atom. The van der Waals surface area contributed by atoms with Gasteiger partial charge in [0, 0.05) is 16.8 Å². The van der Waals surface area contributed by atoms with E-state index in [1.54, 1.807) is 0 Å². The molecule has 1 atom stereocenters. The van der Waals surface area contributed by atoms with Crippen LogP contribution in [0.3, 0.4) is 0 Å². The number of hydrogen-bond acceptors (Lipinski definition) is 5. The van der Waals surface area contributed by atoms with Crippen LogP contribution in [0.4, 0.5) is 0 Å². The molecule has 0 fully saturated rings. The maximum absolute atomic E-state index is 10.7. The molecule has 1 unspecified atom stereocenters. The number of carbonyl (C=O) groups is 1. The summed E-state index contributed by atoms with van der Waals surface area (Å²) >= 11 is 2.88. The van der Waals surface area contributed by atoms with Crippen molar-refractivity contribution in [3.63, 3.8) is 0 Å². The zero-order chi connectivity index (χ0) is 10.8. The molecular weight excluding hydrogens is 220 g/mol. The van der Waals surface area contributed by atoms with Gasteiger partial charge in [-0.3, -0.25) is 4.79 Å². The topological polar surface area (TPSA) is 76.2 Å². The molecule has 0 aliphatic carbocycles. The molecule has 0 aliphatic rings. The largest absolute Gasteiger partial charge is 0.480 e. The molecule has 0 amide bonds. The van der Waals surface area contributed by atoms with Gasteiger partial charge >= 0.3 is 5.97 Å². The molecule has 6 heteroatoms. The van der Waals surface area contributed by atoms with E-state index in [4.69, 9.17) is 10.8 Å². The molecule has 4 nitrogen and oxygen atoms in total. The number of aliphatic carboxylic acids is 1. The maximum atomic E-state index is 10.7. The molecule has 0 saturated carbocycles. The third-order valence-electron chi connectivity index (χ3n) is 1.58. The van der Waals surface area contributed by atoms with Crippen LogP contribution in [0.15, 0.2) is 9.72 Å². The highest BCUT2D eigenvalue weighted by atomic mass is 32.2. The summed E-state index contributed by atoms with van der Waals surface area (Å²) in [4.78, 5) is 14.9. The van der Waals surface area contributed by atoms with Gasteiger partial charge in [0.05, 0.1) is 0 Å². The van der Waals surface area contributed by atoms with Gasteiger partial charge in [-0.2, -0.15) is 0 Å². The Balaban J connectivity index is 2.52. The number of rotatable bonds is 4. The number of thioether (sulfide) groups is 1. The average Bonchev–Trinajstić information content (AvgIpc) is 2.48. The zero-order valence-corrected chi connectivity index (χ0v) is 9.61. The fourth-order valence-electron chi connectivity index (χ4n) is 0.672. The molecule has 0 saturated heterocycles. The maximum Gasteiger partial charge on any atom is 0.324 e. The summed E-state index contributed by atoms with van der Waals surface area (Å²) in [6.45, 7) is 3.40. The molecule has 1 aromatic heterocycles. The average molecular weight is 232 g/mol. The van der Waals surface area contributed by atoms with Crippen molar-refractivity contribution >= 4 is 29.1 Å². The van der Waals surface area contributed by atoms with Crippen LogP contribution in [-0.4, -0.2) is 27.4 Å². The predicted molar refractivity (Wildman–Crippen MR) is 57.8 cm³/mol. The van der Waals surface area contributed by atoms with Crippen molar-refractivity contribution < 1.29 is 9.90 Å². The minimum Gasteiger partial charge on any atom is -0.480 e. The number of nitrogens with zero attached hydrogens (tertiary/aromatic N) is 1. The minimum atomic E-state index is -1.19. The normalized spacial score (nSPS) is 15.1. The molecular formula is C8H12N2O2S2. The first-order chi connectivity index (χ1) is 6.42. The van der Waals surface area contributed by atoms with Gasteiger partial charge in [0.1, 0.15) is 9.88 Å². The molecule has 0 aliphatic heterocycles. The monoisotopic (exact) mass is 232 g/mol. The first-order valence-corrected chi connectivity index (χ1v) is 5.85. The number of hydrogen-bond donors (Lipinski definition) is 2. The van der Waals surface area contributed by atoms with E-state index in [0.29, 0.717) is 5.75 Å². The van der Waals surface area contributed by atoms with Gasteiger partial charge in [0.2, 0.25) is 0 Å². The van der Waals surface area contributed by atoms with E-state index in [1.807, 2.05) is 12.3 Å². The van der Waals surface area contributed by atoms with Gasteiger partial charge in [0.25, 0.3) is 0 Å². The Kier molecular flexibility index (Phi) is 3.52. The van der Waals surface area contributed by atoms with Crippen LogP contribution >= 0.6 is 23.1 Å². The molecule has 0 spiro atoms. The number of carboxylic acid groups (broad SMARTS) is 1. The Labute approximate surface area is 90.5 Å². The Bertz CT molecular complexity index is 336. The van der Waals surface area contributed by atoms with Crippen LogP contribution in [0.2, 0.25) is 0 Å². The summed E-state index contributed by atoms with van der Waals surface area (Å²) in [6, 6.07) is 0. The molecule has 1 rings (SSSR count). The standard InChI is InChI=1S/C8H12N2O2S2/c1-5-3-13-7(10-5)14-4-8(2,9)6(11)12/h3H,4,9H2,1-2H3,(H,11,12). The van der Waals surface area contributed by atoms with Crippen molar-refractivity contribution in [1.29, 1.82) is 0 Å². The molecule has 0 radical (unpaired) electrons. The summed E-state index contributed by atoms with van der Waals surface area (Å²) < 4.78 is 0.862. The van der Waals surface area contributed by atoms with Crippen LogP contribution < -0.4 is 5.73 Å². The van der Waals surface area contributed by atoms with Gasteiger partial charge in [-0.15, -0.1) is 11.3 Å². The molecule has 14 heavy (non-hydrogen) atoms. The van der Waals surface area contributed by atoms with Crippen molar-refractivity contribution in [2.24, 2.45) is 5.73 Å². The first kappa shape index (κ1) is 11.5. The second-order valence-electron chi connectivity index (χ2n) is 3.27. The van der Waals surface area contributed by atoms with Gasteiger partial charge in [-0.25, -0.2) is 4.98 Å². The highest BCUT2D eigenvalue weighted by Crippen LogP contribution is 2.24. The van der Waals surface area contributed by atoms with E-state index in [1.165, 1.54) is 30.0 Å². The zero-order valence-electron chi connectivity index (χ0n) is 7.98. The van der Waals surface area contributed by atoms with Crippen LogP contribution in [0.5, 0.6) is 0 Å².